The number of carboxylic acids is 1. The highest BCUT2D eigenvalue weighted by Gasteiger charge is 2.20. The second kappa shape index (κ2) is 6.74. The number of carbonyl (C=O) groups excluding carboxylic acids is 1. The van der Waals surface area contributed by atoms with Crippen molar-refractivity contribution in [1.82, 2.24) is 10.3 Å². The molecule has 0 radical (unpaired) electrons. The molecule has 0 unspecified atom stereocenters. The molecule has 2 N–H and O–H groups in total. The summed E-state index contributed by atoms with van der Waals surface area (Å²) in [5.41, 5.74) is 0.973. The Balaban J connectivity index is 2.69. The summed E-state index contributed by atoms with van der Waals surface area (Å²) < 4.78 is 0. The molecule has 0 aliphatic rings. The number of carbonyl (C=O) groups is 2. The lowest BCUT2D eigenvalue weighted by atomic mass is 10.1. The standard InChI is InChI=1S/C13H18N2O3/c1-3-4-7-11(13(17)18)15-12(16)10-8-5-6-9(2)14-10/h5-6,8,11H,3-4,7H2,1-2H3,(H,15,16)(H,17,18)/t11-/m0/s1. The molecular weight excluding hydrogens is 232 g/mol. The van der Waals surface area contributed by atoms with Gasteiger partial charge in [0.15, 0.2) is 0 Å². The van der Waals surface area contributed by atoms with Gasteiger partial charge in [-0.05, 0) is 25.5 Å². The summed E-state index contributed by atoms with van der Waals surface area (Å²) >= 11 is 0. The Hall–Kier alpha value is -1.91. The summed E-state index contributed by atoms with van der Waals surface area (Å²) in [6.45, 7) is 3.76. The minimum atomic E-state index is -1.01. The quantitative estimate of drug-likeness (QED) is 0.806. The summed E-state index contributed by atoms with van der Waals surface area (Å²) in [6.07, 6.45) is 2.09. The Morgan fingerprint density at radius 1 is 1.44 bits per heavy atom. The minimum absolute atomic E-state index is 0.248. The number of hydrogen-bond acceptors (Lipinski definition) is 3. The molecule has 0 aliphatic heterocycles. The molecule has 18 heavy (non-hydrogen) atoms. The highest BCUT2D eigenvalue weighted by Crippen LogP contribution is 2.03. The second-order valence-corrected chi connectivity index (χ2v) is 4.17. The fourth-order valence-corrected chi connectivity index (χ4v) is 1.57. The van der Waals surface area contributed by atoms with Crippen molar-refractivity contribution in [2.75, 3.05) is 0 Å². The van der Waals surface area contributed by atoms with Crippen molar-refractivity contribution in [3.8, 4) is 0 Å². The summed E-state index contributed by atoms with van der Waals surface area (Å²) in [7, 11) is 0. The van der Waals surface area contributed by atoms with E-state index in [0.29, 0.717) is 6.42 Å². The summed E-state index contributed by atoms with van der Waals surface area (Å²) in [5, 5.41) is 11.5. The molecule has 0 saturated heterocycles. The minimum Gasteiger partial charge on any atom is -0.480 e. The van der Waals surface area contributed by atoms with Gasteiger partial charge in [0.05, 0.1) is 0 Å². The summed E-state index contributed by atoms with van der Waals surface area (Å²) in [4.78, 5) is 26.9. The van der Waals surface area contributed by atoms with Gasteiger partial charge in [-0.1, -0.05) is 25.8 Å². The number of unbranched alkanes of at least 4 members (excludes halogenated alkanes) is 1. The largest absolute Gasteiger partial charge is 0.480 e. The predicted molar refractivity (Wildman–Crippen MR) is 67.4 cm³/mol. The van der Waals surface area contributed by atoms with Crippen LogP contribution in [-0.2, 0) is 4.79 Å². The van der Waals surface area contributed by atoms with Crippen molar-refractivity contribution in [2.24, 2.45) is 0 Å². The highest BCUT2D eigenvalue weighted by atomic mass is 16.4. The molecule has 0 fully saturated rings. The first-order valence-electron chi connectivity index (χ1n) is 6.02. The fraction of sp³-hybridized carbons (Fsp3) is 0.462. The zero-order valence-electron chi connectivity index (χ0n) is 10.6. The van der Waals surface area contributed by atoms with Gasteiger partial charge in [-0.25, -0.2) is 9.78 Å². The van der Waals surface area contributed by atoms with Crippen LogP contribution in [0, 0.1) is 6.92 Å². The average Bonchev–Trinajstić information content (AvgIpc) is 2.33. The van der Waals surface area contributed by atoms with Gasteiger partial charge in [0, 0.05) is 5.69 Å². The molecule has 0 aromatic carbocycles. The normalized spacial score (nSPS) is 11.9. The zero-order chi connectivity index (χ0) is 13.5. The van der Waals surface area contributed by atoms with Crippen LogP contribution in [0.1, 0.15) is 42.4 Å². The third-order valence-corrected chi connectivity index (χ3v) is 2.57. The molecule has 0 bridgehead atoms. The van der Waals surface area contributed by atoms with Crippen molar-refractivity contribution in [1.29, 1.82) is 0 Å². The van der Waals surface area contributed by atoms with Crippen LogP contribution in [0.4, 0.5) is 0 Å². The van der Waals surface area contributed by atoms with Gasteiger partial charge in [0.2, 0.25) is 0 Å². The van der Waals surface area contributed by atoms with Crippen LogP contribution in [0.3, 0.4) is 0 Å². The monoisotopic (exact) mass is 250 g/mol. The van der Waals surface area contributed by atoms with E-state index >= 15 is 0 Å². The van der Waals surface area contributed by atoms with Gasteiger partial charge in [-0.3, -0.25) is 4.79 Å². The Kier molecular flexibility index (Phi) is 5.30. The van der Waals surface area contributed by atoms with Crippen molar-refractivity contribution < 1.29 is 14.7 Å². The van der Waals surface area contributed by atoms with Crippen LogP contribution in [0.5, 0.6) is 0 Å². The van der Waals surface area contributed by atoms with Crippen LogP contribution in [0.25, 0.3) is 0 Å². The molecule has 98 valence electrons. The van der Waals surface area contributed by atoms with Gasteiger partial charge < -0.3 is 10.4 Å². The number of amides is 1. The number of carboxylic acid groups (broad SMARTS) is 1. The first-order valence-corrected chi connectivity index (χ1v) is 6.02. The number of nitrogens with one attached hydrogen (secondary N) is 1. The lowest BCUT2D eigenvalue weighted by Gasteiger charge is -2.13. The van der Waals surface area contributed by atoms with Gasteiger partial charge in [-0.15, -0.1) is 0 Å². The summed E-state index contributed by atoms with van der Waals surface area (Å²) in [5.74, 6) is -1.45. The molecular formula is C13H18N2O3. The molecule has 1 heterocycles. The first kappa shape index (κ1) is 14.2. The molecule has 0 spiro atoms. The Bertz CT molecular complexity index is 432. The van der Waals surface area contributed by atoms with Gasteiger partial charge in [-0.2, -0.15) is 0 Å². The molecule has 5 nitrogen and oxygen atoms in total. The van der Waals surface area contributed by atoms with E-state index in [-0.39, 0.29) is 5.69 Å². The van der Waals surface area contributed by atoms with Gasteiger partial charge in [0.1, 0.15) is 11.7 Å². The average molecular weight is 250 g/mol. The summed E-state index contributed by atoms with van der Waals surface area (Å²) in [6, 6.07) is 4.22. The highest BCUT2D eigenvalue weighted by molar-refractivity contribution is 5.94. The van der Waals surface area contributed by atoms with E-state index in [9.17, 15) is 9.59 Å². The predicted octanol–water partition coefficient (Wildman–Crippen LogP) is 1.76. The van der Waals surface area contributed by atoms with E-state index in [1.54, 1.807) is 25.1 Å². The zero-order valence-corrected chi connectivity index (χ0v) is 10.6. The third kappa shape index (κ3) is 4.16. The van der Waals surface area contributed by atoms with Crippen molar-refractivity contribution in [3.63, 3.8) is 0 Å². The van der Waals surface area contributed by atoms with Crippen molar-refractivity contribution >= 4 is 11.9 Å². The van der Waals surface area contributed by atoms with Crippen molar-refractivity contribution in [2.45, 2.75) is 39.2 Å². The molecule has 5 heteroatoms. The van der Waals surface area contributed by atoms with Crippen molar-refractivity contribution in [3.05, 3.63) is 29.6 Å². The Morgan fingerprint density at radius 2 is 2.17 bits per heavy atom. The van der Waals surface area contributed by atoms with Crippen LogP contribution in [0.2, 0.25) is 0 Å². The Labute approximate surface area is 106 Å². The third-order valence-electron chi connectivity index (χ3n) is 2.57. The molecule has 1 rings (SSSR count). The van der Waals surface area contributed by atoms with Gasteiger partial charge in [0.25, 0.3) is 5.91 Å². The lowest BCUT2D eigenvalue weighted by molar-refractivity contribution is -0.139. The number of hydrogen-bond donors (Lipinski definition) is 2. The molecule has 1 aromatic rings. The SMILES string of the molecule is CCCC[C@H](NC(=O)c1cccc(C)n1)C(=O)O. The first-order chi connectivity index (χ1) is 8.54. The molecule has 1 amide bonds. The van der Waals surface area contributed by atoms with Crippen LogP contribution in [0.15, 0.2) is 18.2 Å². The molecule has 0 saturated carbocycles. The number of aliphatic carboxylic acids is 1. The smallest absolute Gasteiger partial charge is 0.326 e. The number of rotatable bonds is 6. The van der Waals surface area contributed by atoms with E-state index in [1.807, 2.05) is 6.92 Å². The van der Waals surface area contributed by atoms with Gasteiger partial charge >= 0.3 is 5.97 Å². The van der Waals surface area contributed by atoms with E-state index in [2.05, 4.69) is 10.3 Å². The van der Waals surface area contributed by atoms with Crippen LogP contribution >= 0.6 is 0 Å². The maximum atomic E-state index is 11.8. The van der Waals surface area contributed by atoms with Crippen LogP contribution in [-0.4, -0.2) is 28.0 Å². The van der Waals surface area contributed by atoms with E-state index in [4.69, 9.17) is 5.11 Å². The number of aromatic nitrogens is 1. The van der Waals surface area contributed by atoms with E-state index in [1.165, 1.54) is 0 Å². The molecule has 1 aromatic heterocycles. The maximum absolute atomic E-state index is 11.8. The molecule has 0 aliphatic carbocycles. The maximum Gasteiger partial charge on any atom is 0.326 e. The lowest BCUT2D eigenvalue weighted by Crippen LogP contribution is -2.41. The van der Waals surface area contributed by atoms with E-state index < -0.39 is 17.9 Å². The topological polar surface area (TPSA) is 79.3 Å². The number of pyridine rings is 1. The fourth-order valence-electron chi connectivity index (χ4n) is 1.57. The molecule has 1 atom stereocenters. The van der Waals surface area contributed by atoms with Crippen LogP contribution < -0.4 is 5.32 Å². The Morgan fingerprint density at radius 3 is 2.72 bits per heavy atom. The van der Waals surface area contributed by atoms with E-state index in [0.717, 1.165) is 18.5 Å². The number of nitrogens with zero attached hydrogens (tertiary/aromatic N) is 1. The second-order valence-electron chi connectivity index (χ2n) is 4.17. The number of aryl methyl sites for hydroxylation is 1.